The van der Waals surface area contributed by atoms with Crippen molar-refractivity contribution in [2.45, 2.75) is 267 Å². The molecule has 29 heteroatoms. The highest BCUT2D eigenvalue weighted by Gasteiger charge is 2.57. The molecule has 12 amide bonds. The summed E-state index contributed by atoms with van der Waals surface area (Å²) >= 11 is 0. The van der Waals surface area contributed by atoms with Gasteiger partial charge in [-0.25, -0.2) is 8.78 Å². The minimum Gasteiger partial charge on any atom is -0.347 e. The summed E-state index contributed by atoms with van der Waals surface area (Å²) in [7, 11) is 11.5. The maximum absolute atomic E-state index is 15.6. The lowest BCUT2D eigenvalue weighted by molar-refractivity contribution is -0.219. The summed E-state index contributed by atoms with van der Waals surface area (Å²) in [6.45, 7) is 6.93. The molecule has 103 heavy (non-hydrogen) atoms. The molecule has 0 aromatic rings. The number of nitrogens with one attached hydrogen (secondary N) is 2. The van der Waals surface area contributed by atoms with Crippen LogP contribution >= 0.6 is 0 Å². The van der Waals surface area contributed by atoms with Gasteiger partial charge in [-0.2, -0.15) is 13.2 Å². The van der Waals surface area contributed by atoms with Gasteiger partial charge in [0.2, 0.25) is 70.9 Å². The molecular weight excluding hydrogens is 1340 g/mol. The van der Waals surface area contributed by atoms with E-state index in [1.165, 1.54) is 100 Å². The number of likely N-dealkylation sites (N-methyl/N-ethyl adjacent to an activating group) is 7. The van der Waals surface area contributed by atoms with Crippen LogP contribution in [0.15, 0.2) is 12.2 Å². The van der Waals surface area contributed by atoms with Crippen LogP contribution in [0.1, 0.15) is 188 Å². The van der Waals surface area contributed by atoms with Crippen molar-refractivity contribution < 1.29 is 79.5 Å². The Kier molecular flexibility index (Phi) is 27.7. The van der Waals surface area contributed by atoms with Gasteiger partial charge < -0.3 is 59.6 Å². The first kappa shape index (κ1) is 81.7. The van der Waals surface area contributed by atoms with E-state index in [-0.39, 0.29) is 89.8 Å². The normalized spacial score (nSPS) is 33.3. The molecule has 0 aromatic carbocycles. The molecule has 4 aliphatic carbocycles. The lowest BCUT2D eigenvalue weighted by Gasteiger charge is -2.51. The van der Waals surface area contributed by atoms with Gasteiger partial charge in [-0.1, -0.05) is 84.8 Å². The summed E-state index contributed by atoms with van der Waals surface area (Å²) in [5.74, 6) is -12.2. The van der Waals surface area contributed by atoms with Gasteiger partial charge in [0.25, 0.3) is 0 Å². The molecule has 1 spiro atoms. The summed E-state index contributed by atoms with van der Waals surface area (Å²) in [6, 6.07) is -11.3. The fourth-order valence-corrected chi connectivity index (χ4v) is 17.7. The summed E-state index contributed by atoms with van der Waals surface area (Å²) in [6.07, 6.45) is -0.652. The number of fused-ring (bicyclic) bond motifs is 4. The van der Waals surface area contributed by atoms with E-state index in [9.17, 15) is 32.3 Å². The highest BCUT2D eigenvalue weighted by atomic mass is 19.4. The Balaban J connectivity index is 1.19. The fourth-order valence-electron chi connectivity index (χ4n) is 17.7. The highest BCUT2D eigenvalue weighted by molar-refractivity contribution is 6.01. The molecule has 3 saturated heterocycles. The summed E-state index contributed by atoms with van der Waals surface area (Å²) < 4.78 is 72.6. The van der Waals surface area contributed by atoms with E-state index in [1.54, 1.807) is 19.9 Å². The maximum Gasteiger partial charge on any atom is 0.397 e. The van der Waals surface area contributed by atoms with Crippen LogP contribution in [0.4, 0.5) is 22.0 Å². The molecule has 4 aliphatic heterocycles. The van der Waals surface area contributed by atoms with Crippen molar-refractivity contribution in [1.82, 2.24) is 59.6 Å². The van der Waals surface area contributed by atoms with E-state index in [0.29, 0.717) is 44.4 Å². The number of hydrogen-bond acceptors (Lipinski definition) is 12. The molecule has 8 rings (SSSR count). The van der Waals surface area contributed by atoms with Crippen LogP contribution in [0.2, 0.25) is 0 Å². The molecule has 4 saturated carbocycles. The van der Waals surface area contributed by atoms with Crippen molar-refractivity contribution >= 4 is 70.9 Å². The molecule has 24 nitrogen and oxygen atoms in total. The minimum absolute atomic E-state index is 0.0231. The zero-order chi connectivity index (χ0) is 75.9. The Bertz CT molecular complexity index is 3110. The zero-order valence-electron chi connectivity index (χ0n) is 62.7. The van der Waals surface area contributed by atoms with E-state index >= 15 is 47.1 Å². The van der Waals surface area contributed by atoms with Crippen LogP contribution in [0.5, 0.6) is 0 Å². The molecule has 12 atom stereocenters. The Morgan fingerprint density at radius 2 is 1.22 bits per heavy atom. The Morgan fingerprint density at radius 1 is 0.621 bits per heavy atom. The van der Waals surface area contributed by atoms with Crippen molar-refractivity contribution in [2.75, 3.05) is 82.6 Å². The molecular formula is C74H115F5N12O12. The monoisotopic (exact) mass is 1460 g/mol. The first-order valence-corrected chi connectivity index (χ1v) is 37.9. The second-order valence-electron chi connectivity index (χ2n) is 31.5. The predicted molar refractivity (Wildman–Crippen MR) is 372 cm³/mol. The zero-order valence-corrected chi connectivity index (χ0v) is 62.7. The van der Waals surface area contributed by atoms with Gasteiger partial charge in [0, 0.05) is 76.0 Å². The van der Waals surface area contributed by atoms with E-state index in [4.69, 9.17) is 0 Å². The molecule has 8 aliphatic rings. The molecule has 2 bridgehead atoms. The molecule has 2 unspecified atom stereocenters. The van der Waals surface area contributed by atoms with Crippen molar-refractivity contribution in [2.24, 2.45) is 35.5 Å². The van der Waals surface area contributed by atoms with Crippen LogP contribution in [0.3, 0.4) is 0 Å². The standard InChI is InChI=1S/C74H115F5N12O12/c1-13-45(4)61-70(101)90-38-20-26-54(90)67(98)85(9)53-25-16-15-19-36-91(69(53)100)57(41-46-30-28-44(3)29-31-46)66(97)83(7)43-58(92)80-51(33-32-47-39-49(75)60(50(76)40-47)74(77,78)79)64(95)89-37-21-27-55(89)68(99)88(12)73(34-22-35-73)72(103)87(11)62(48-23-17-18-24-48)71(102)86(10)56(65(96)82(5)6)42-59(93)84(8)52(14-2)63(94)81-61/h15-16,44-57,60-62H,13-14,17-43H2,1-12H3,(H,80,92)(H,81,94)/b16-15-/t44?,45-,46?,47?,49?,50?,51-,52-,53-,54-,55-,56-,57-,60?,61-,62-/m0/s1. The lowest BCUT2D eigenvalue weighted by Crippen LogP contribution is -2.68. The molecule has 2 N–H and O–H groups in total. The van der Waals surface area contributed by atoms with E-state index in [2.05, 4.69) is 17.6 Å². The van der Waals surface area contributed by atoms with Gasteiger partial charge in [0.15, 0.2) is 0 Å². The Hall–Kier alpha value is -6.97. The third kappa shape index (κ3) is 18.1. The molecule has 4 heterocycles. The van der Waals surface area contributed by atoms with Crippen LogP contribution < -0.4 is 10.6 Å². The number of carbonyl (C=O) groups is 12. The van der Waals surface area contributed by atoms with Gasteiger partial charge in [0.1, 0.15) is 78.2 Å². The van der Waals surface area contributed by atoms with E-state index in [0.717, 1.165) is 43.4 Å². The number of rotatable bonds is 10. The van der Waals surface area contributed by atoms with Gasteiger partial charge >= 0.3 is 6.18 Å². The third-order valence-corrected chi connectivity index (χ3v) is 24.6. The second-order valence-corrected chi connectivity index (χ2v) is 31.5. The number of alkyl halides is 5. The Labute approximate surface area is 604 Å². The quantitative estimate of drug-likeness (QED) is 0.188. The number of carbonyl (C=O) groups excluding carboxylic acids is 12. The average molecular weight is 1460 g/mol. The summed E-state index contributed by atoms with van der Waals surface area (Å²) in [5.41, 5.74) is -1.54. The number of nitrogens with zero attached hydrogens (tertiary/aromatic N) is 10. The van der Waals surface area contributed by atoms with Crippen molar-refractivity contribution in [3.05, 3.63) is 12.2 Å². The first-order valence-electron chi connectivity index (χ1n) is 37.9. The fraction of sp³-hybridized carbons (Fsp3) is 0.811. The van der Waals surface area contributed by atoms with Gasteiger partial charge in [-0.3, -0.25) is 57.5 Å². The van der Waals surface area contributed by atoms with Crippen LogP contribution in [-0.4, -0.2) is 281 Å². The number of hydrogen-bond donors (Lipinski definition) is 2. The van der Waals surface area contributed by atoms with E-state index in [1.807, 2.05) is 13.0 Å². The van der Waals surface area contributed by atoms with E-state index < -0.39 is 199 Å². The minimum atomic E-state index is -5.16. The Morgan fingerprint density at radius 3 is 1.79 bits per heavy atom. The summed E-state index contributed by atoms with van der Waals surface area (Å²) in [4.78, 5) is 195. The van der Waals surface area contributed by atoms with Crippen LogP contribution in [0.25, 0.3) is 0 Å². The van der Waals surface area contributed by atoms with Gasteiger partial charge in [0.05, 0.1) is 13.0 Å². The third-order valence-electron chi connectivity index (χ3n) is 24.6. The van der Waals surface area contributed by atoms with Crippen LogP contribution in [-0.2, 0) is 57.5 Å². The molecule has 0 aromatic heterocycles. The van der Waals surface area contributed by atoms with Gasteiger partial charge in [-0.05, 0) is 139 Å². The predicted octanol–water partition coefficient (Wildman–Crippen LogP) is 6.03. The second kappa shape index (κ2) is 35.0. The van der Waals surface area contributed by atoms with Crippen molar-refractivity contribution in [1.29, 1.82) is 0 Å². The number of amides is 12. The van der Waals surface area contributed by atoms with Crippen molar-refractivity contribution in [3.63, 3.8) is 0 Å². The summed E-state index contributed by atoms with van der Waals surface area (Å²) in [5, 5.41) is 5.67. The smallest absolute Gasteiger partial charge is 0.347 e. The molecule has 578 valence electrons. The first-order chi connectivity index (χ1) is 48.6. The largest absolute Gasteiger partial charge is 0.397 e. The molecule has 0 radical (unpaired) electrons. The number of halogens is 5. The van der Waals surface area contributed by atoms with Crippen molar-refractivity contribution in [3.8, 4) is 0 Å². The SMILES string of the molecule is CC[C@H](C)[C@@H]1NC(=O)[C@H](CC)N(C)C(=O)C[C@@H](C(=O)N(C)C)N(C)C(=O)[C@H](C2CCCC2)N(C)C(=O)C2(CCC2)N(C)C(=O)[C@@H]2CCCN2C(=O)[C@H](CCC2CC(F)C(C(F)(F)F)C(F)C2)NC(=O)CN(C)C(=O)[C@H](CC2CCC(C)CC2)N2CC/C=C\C[C@@H](C2=O)N(C)C(=O)[C@@H]2CCCN2C1=O. The van der Waals surface area contributed by atoms with Gasteiger partial charge in [-0.15, -0.1) is 0 Å². The molecule has 7 fully saturated rings. The lowest BCUT2D eigenvalue weighted by atomic mass is 9.73. The topological polar surface area (TPSA) is 261 Å². The highest BCUT2D eigenvalue weighted by Crippen LogP contribution is 2.46. The maximum atomic E-state index is 15.6. The van der Waals surface area contributed by atoms with Crippen LogP contribution in [0, 0.1) is 35.5 Å². The average Bonchev–Trinajstić information content (AvgIpc) is 1.62.